The lowest BCUT2D eigenvalue weighted by Crippen LogP contribution is -2.09. The first-order valence-corrected chi connectivity index (χ1v) is 13.0. The lowest BCUT2D eigenvalue weighted by Gasteiger charge is -2.06. The standard InChI is InChI=1S/C27H50O4/c1-4-5-6-7-8-9-10-11-12-13-14-15-16-17-18-23-30-26(28)20-19-21-27(29)31-24-22-25(2)3/h22H,4-21,23-24H2,1-3H3. The Morgan fingerprint density at radius 3 is 1.45 bits per heavy atom. The Hall–Kier alpha value is -1.32. The van der Waals surface area contributed by atoms with Crippen molar-refractivity contribution in [2.75, 3.05) is 13.2 Å². The molecular weight excluding hydrogens is 388 g/mol. The lowest BCUT2D eigenvalue weighted by molar-refractivity contribution is -0.145. The number of ether oxygens (including phenoxy) is 2. The third-order valence-electron chi connectivity index (χ3n) is 5.51. The van der Waals surface area contributed by atoms with E-state index in [0.29, 0.717) is 19.6 Å². The molecule has 0 aromatic heterocycles. The van der Waals surface area contributed by atoms with Crippen molar-refractivity contribution >= 4 is 11.9 Å². The molecule has 182 valence electrons. The van der Waals surface area contributed by atoms with Crippen molar-refractivity contribution in [1.29, 1.82) is 0 Å². The normalized spacial score (nSPS) is 10.7. The summed E-state index contributed by atoms with van der Waals surface area (Å²) in [6.07, 6.45) is 22.8. The van der Waals surface area contributed by atoms with Gasteiger partial charge in [0.25, 0.3) is 0 Å². The van der Waals surface area contributed by atoms with E-state index in [4.69, 9.17) is 9.47 Å². The van der Waals surface area contributed by atoms with Crippen molar-refractivity contribution in [1.82, 2.24) is 0 Å². The van der Waals surface area contributed by atoms with E-state index in [1.807, 2.05) is 19.9 Å². The molecule has 0 aliphatic heterocycles. The summed E-state index contributed by atoms with van der Waals surface area (Å²) in [6, 6.07) is 0. The maximum atomic E-state index is 11.7. The van der Waals surface area contributed by atoms with Crippen LogP contribution in [0.4, 0.5) is 0 Å². The molecular formula is C27H50O4. The van der Waals surface area contributed by atoms with Crippen LogP contribution in [0.15, 0.2) is 11.6 Å². The van der Waals surface area contributed by atoms with E-state index in [-0.39, 0.29) is 24.8 Å². The average Bonchev–Trinajstić information content (AvgIpc) is 2.73. The second kappa shape index (κ2) is 23.3. The fraction of sp³-hybridized carbons (Fsp3) is 0.852. The summed E-state index contributed by atoms with van der Waals surface area (Å²) in [5.41, 5.74) is 1.12. The Morgan fingerprint density at radius 1 is 0.581 bits per heavy atom. The molecule has 4 nitrogen and oxygen atoms in total. The van der Waals surface area contributed by atoms with Crippen molar-refractivity contribution in [3.63, 3.8) is 0 Å². The molecule has 0 radical (unpaired) electrons. The summed E-state index contributed by atoms with van der Waals surface area (Å²) in [7, 11) is 0. The molecule has 0 N–H and O–H groups in total. The number of rotatable bonds is 22. The zero-order valence-corrected chi connectivity index (χ0v) is 20.9. The van der Waals surface area contributed by atoms with Crippen molar-refractivity contribution in [3.8, 4) is 0 Å². The number of allylic oxidation sites excluding steroid dienone is 1. The van der Waals surface area contributed by atoms with Gasteiger partial charge in [0.15, 0.2) is 0 Å². The summed E-state index contributed by atoms with van der Waals surface area (Å²) < 4.78 is 10.3. The molecule has 0 bridgehead atoms. The van der Waals surface area contributed by atoms with Crippen LogP contribution in [-0.2, 0) is 19.1 Å². The van der Waals surface area contributed by atoms with Gasteiger partial charge < -0.3 is 9.47 Å². The van der Waals surface area contributed by atoms with Crippen LogP contribution in [0.3, 0.4) is 0 Å². The first kappa shape index (κ1) is 29.7. The molecule has 0 heterocycles. The van der Waals surface area contributed by atoms with E-state index in [2.05, 4.69) is 6.92 Å². The van der Waals surface area contributed by atoms with Gasteiger partial charge in [0.1, 0.15) is 6.61 Å². The van der Waals surface area contributed by atoms with Gasteiger partial charge in [-0.3, -0.25) is 9.59 Å². The van der Waals surface area contributed by atoms with Crippen LogP contribution in [-0.4, -0.2) is 25.2 Å². The van der Waals surface area contributed by atoms with Crippen LogP contribution in [0.25, 0.3) is 0 Å². The van der Waals surface area contributed by atoms with Crippen LogP contribution in [0.5, 0.6) is 0 Å². The largest absolute Gasteiger partial charge is 0.466 e. The molecule has 0 aliphatic rings. The quantitative estimate of drug-likeness (QED) is 0.0973. The highest BCUT2D eigenvalue weighted by atomic mass is 16.5. The molecule has 0 aromatic rings. The van der Waals surface area contributed by atoms with E-state index in [0.717, 1.165) is 18.4 Å². The molecule has 0 saturated carbocycles. The van der Waals surface area contributed by atoms with Gasteiger partial charge in [0.05, 0.1) is 6.61 Å². The SMILES string of the molecule is CCCCCCCCCCCCCCCCCOC(=O)CCCC(=O)OCC=C(C)C. The average molecular weight is 439 g/mol. The van der Waals surface area contributed by atoms with Crippen LogP contribution < -0.4 is 0 Å². The molecule has 0 aromatic carbocycles. The number of hydrogen-bond acceptors (Lipinski definition) is 4. The lowest BCUT2D eigenvalue weighted by atomic mass is 10.0. The zero-order valence-electron chi connectivity index (χ0n) is 20.9. The topological polar surface area (TPSA) is 52.6 Å². The summed E-state index contributed by atoms with van der Waals surface area (Å²) in [5, 5.41) is 0. The van der Waals surface area contributed by atoms with E-state index < -0.39 is 0 Å². The summed E-state index contributed by atoms with van der Waals surface area (Å²) >= 11 is 0. The van der Waals surface area contributed by atoms with Crippen LogP contribution >= 0.6 is 0 Å². The maximum Gasteiger partial charge on any atom is 0.306 e. The number of unbranched alkanes of at least 4 members (excludes halogenated alkanes) is 14. The van der Waals surface area contributed by atoms with E-state index in [1.165, 1.54) is 83.5 Å². The predicted octanol–water partition coefficient (Wildman–Crippen LogP) is 8.08. The monoisotopic (exact) mass is 438 g/mol. The van der Waals surface area contributed by atoms with Crippen molar-refractivity contribution < 1.29 is 19.1 Å². The molecule has 4 heteroatoms. The van der Waals surface area contributed by atoms with Gasteiger partial charge in [-0.05, 0) is 32.8 Å². The van der Waals surface area contributed by atoms with Crippen molar-refractivity contribution in [2.45, 2.75) is 136 Å². The highest BCUT2D eigenvalue weighted by molar-refractivity contribution is 5.72. The fourth-order valence-electron chi connectivity index (χ4n) is 3.48. The molecule has 0 aliphatic carbocycles. The summed E-state index contributed by atoms with van der Waals surface area (Å²) in [5.74, 6) is -0.463. The fourth-order valence-corrected chi connectivity index (χ4v) is 3.48. The van der Waals surface area contributed by atoms with Gasteiger partial charge in [-0.1, -0.05) is 102 Å². The molecule has 0 atom stereocenters. The smallest absolute Gasteiger partial charge is 0.306 e. The van der Waals surface area contributed by atoms with E-state index in [9.17, 15) is 9.59 Å². The first-order valence-electron chi connectivity index (χ1n) is 13.0. The molecule has 0 saturated heterocycles. The van der Waals surface area contributed by atoms with Gasteiger partial charge in [0.2, 0.25) is 0 Å². The van der Waals surface area contributed by atoms with Gasteiger partial charge in [-0.15, -0.1) is 0 Å². The Kier molecular flexibility index (Phi) is 22.4. The van der Waals surface area contributed by atoms with Gasteiger partial charge in [-0.2, -0.15) is 0 Å². The Balaban J connectivity index is 3.27. The first-order chi connectivity index (χ1) is 15.1. The second-order valence-electron chi connectivity index (χ2n) is 8.99. The molecule has 0 amide bonds. The number of carbonyl (C=O) groups is 2. The minimum atomic E-state index is -0.257. The number of esters is 2. The summed E-state index contributed by atoms with van der Waals surface area (Å²) in [6.45, 7) is 7.01. The van der Waals surface area contributed by atoms with Crippen LogP contribution in [0.2, 0.25) is 0 Å². The Morgan fingerprint density at radius 2 is 1.00 bits per heavy atom. The Bertz CT molecular complexity index is 452. The number of hydrogen-bond donors (Lipinski definition) is 0. The molecule has 31 heavy (non-hydrogen) atoms. The third kappa shape index (κ3) is 24.8. The highest BCUT2D eigenvalue weighted by Gasteiger charge is 2.07. The van der Waals surface area contributed by atoms with Crippen molar-refractivity contribution in [2.24, 2.45) is 0 Å². The maximum absolute atomic E-state index is 11.7. The second-order valence-corrected chi connectivity index (χ2v) is 8.99. The van der Waals surface area contributed by atoms with E-state index in [1.54, 1.807) is 0 Å². The van der Waals surface area contributed by atoms with Gasteiger partial charge in [-0.25, -0.2) is 0 Å². The van der Waals surface area contributed by atoms with Crippen molar-refractivity contribution in [3.05, 3.63) is 11.6 Å². The molecule has 0 rings (SSSR count). The van der Waals surface area contributed by atoms with Crippen LogP contribution in [0.1, 0.15) is 136 Å². The number of carbonyl (C=O) groups excluding carboxylic acids is 2. The van der Waals surface area contributed by atoms with Gasteiger partial charge in [0, 0.05) is 12.8 Å². The van der Waals surface area contributed by atoms with E-state index >= 15 is 0 Å². The Labute approximate surface area is 192 Å². The van der Waals surface area contributed by atoms with Crippen LogP contribution in [0, 0.1) is 0 Å². The third-order valence-corrected chi connectivity index (χ3v) is 5.51. The predicted molar refractivity (Wildman–Crippen MR) is 130 cm³/mol. The zero-order chi connectivity index (χ0) is 23.0. The van der Waals surface area contributed by atoms with Gasteiger partial charge >= 0.3 is 11.9 Å². The molecule has 0 spiro atoms. The molecule has 0 unspecified atom stereocenters. The highest BCUT2D eigenvalue weighted by Crippen LogP contribution is 2.13. The minimum absolute atomic E-state index is 0.206. The summed E-state index contributed by atoms with van der Waals surface area (Å²) in [4.78, 5) is 23.2. The minimum Gasteiger partial charge on any atom is -0.466 e. The molecule has 0 fully saturated rings.